The van der Waals surface area contributed by atoms with Gasteiger partial charge in [0.2, 0.25) is 5.13 Å². The van der Waals surface area contributed by atoms with Gasteiger partial charge in [-0.25, -0.2) is 4.98 Å². The summed E-state index contributed by atoms with van der Waals surface area (Å²) < 4.78 is 4.35. The Morgan fingerprint density at radius 3 is 3.00 bits per heavy atom. The van der Waals surface area contributed by atoms with Gasteiger partial charge in [-0.3, -0.25) is 0 Å². The summed E-state index contributed by atoms with van der Waals surface area (Å²) in [5.74, 6) is 1.72. The molecule has 1 aromatic rings. The topological polar surface area (TPSA) is 49.8 Å². The van der Waals surface area contributed by atoms with E-state index in [1.807, 2.05) is 0 Å². The Labute approximate surface area is 94.7 Å². The lowest BCUT2D eigenvalue weighted by Gasteiger charge is -2.02. The Kier molecular flexibility index (Phi) is 3.91. The molecule has 0 aromatic carbocycles. The van der Waals surface area contributed by atoms with Crippen LogP contribution in [0, 0.1) is 0 Å². The number of aromatic nitrogens is 2. The predicted octanol–water partition coefficient (Wildman–Crippen LogP) is 1.83. The molecule has 1 heterocycles. The third kappa shape index (κ3) is 3.43. The van der Waals surface area contributed by atoms with Gasteiger partial charge in [-0.2, -0.15) is 4.37 Å². The zero-order valence-corrected chi connectivity index (χ0v) is 9.94. The lowest BCUT2D eigenvalue weighted by atomic mass is 10.4. The largest absolute Gasteiger partial charge is 0.360 e. The molecule has 0 radical (unpaired) electrons. The summed E-state index contributed by atoms with van der Waals surface area (Å²) in [6, 6.07) is 0. The Morgan fingerprint density at radius 2 is 2.27 bits per heavy atom. The molecule has 0 amide bonds. The molecule has 1 aliphatic rings. The summed E-state index contributed by atoms with van der Waals surface area (Å²) >= 11 is 1.49. The zero-order chi connectivity index (χ0) is 10.5. The van der Waals surface area contributed by atoms with Crippen molar-refractivity contribution in [2.75, 3.05) is 25.0 Å². The van der Waals surface area contributed by atoms with Crippen LogP contribution in [0.25, 0.3) is 0 Å². The zero-order valence-electron chi connectivity index (χ0n) is 9.12. The van der Waals surface area contributed by atoms with Gasteiger partial charge in [0, 0.05) is 24.0 Å². The molecule has 84 valence electrons. The fraction of sp³-hybridized carbons (Fsp3) is 0.800. The molecule has 0 atom stereocenters. The van der Waals surface area contributed by atoms with Gasteiger partial charge in [0.25, 0.3) is 0 Å². The lowest BCUT2D eigenvalue weighted by Crippen LogP contribution is -2.17. The highest BCUT2D eigenvalue weighted by atomic mass is 32.1. The van der Waals surface area contributed by atoms with Crippen LogP contribution in [0.15, 0.2) is 0 Å². The monoisotopic (exact) mass is 226 g/mol. The molecule has 0 bridgehead atoms. The summed E-state index contributed by atoms with van der Waals surface area (Å²) in [6.45, 7) is 5.22. The van der Waals surface area contributed by atoms with Crippen molar-refractivity contribution in [2.24, 2.45) is 0 Å². The quantitative estimate of drug-likeness (QED) is 0.696. The molecule has 1 aromatic heterocycles. The summed E-state index contributed by atoms with van der Waals surface area (Å²) in [7, 11) is 0. The molecular formula is C10H18N4S. The minimum Gasteiger partial charge on any atom is -0.360 e. The number of nitrogens with one attached hydrogen (secondary N) is 2. The van der Waals surface area contributed by atoms with E-state index < -0.39 is 0 Å². The van der Waals surface area contributed by atoms with Gasteiger partial charge in [-0.15, -0.1) is 0 Å². The van der Waals surface area contributed by atoms with E-state index in [1.54, 1.807) is 0 Å². The summed E-state index contributed by atoms with van der Waals surface area (Å²) in [4.78, 5) is 4.47. The Morgan fingerprint density at radius 1 is 1.40 bits per heavy atom. The maximum Gasteiger partial charge on any atom is 0.202 e. The van der Waals surface area contributed by atoms with E-state index in [4.69, 9.17) is 0 Å². The van der Waals surface area contributed by atoms with E-state index in [0.29, 0.717) is 5.92 Å². The maximum absolute atomic E-state index is 4.47. The van der Waals surface area contributed by atoms with Gasteiger partial charge in [0.15, 0.2) is 0 Å². The minimum atomic E-state index is 0.665. The van der Waals surface area contributed by atoms with E-state index in [-0.39, 0.29) is 0 Å². The summed E-state index contributed by atoms with van der Waals surface area (Å²) in [5, 5.41) is 7.59. The van der Waals surface area contributed by atoms with Crippen molar-refractivity contribution in [1.29, 1.82) is 0 Å². The van der Waals surface area contributed by atoms with Crippen molar-refractivity contribution in [3.05, 3.63) is 5.82 Å². The van der Waals surface area contributed by atoms with E-state index >= 15 is 0 Å². The minimum absolute atomic E-state index is 0.665. The van der Waals surface area contributed by atoms with Crippen LogP contribution in [0.1, 0.15) is 37.9 Å². The molecule has 2 rings (SSSR count). The van der Waals surface area contributed by atoms with Crippen LogP contribution in [0.2, 0.25) is 0 Å². The fourth-order valence-corrected chi connectivity index (χ4v) is 2.07. The lowest BCUT2D eigenvalue weighted by molar-refractivity contribution is 0.688. The molecule has 0 saturated heterocycles. The highest BCUT2D eigenvalue weighted by Gasteiger charge is 2.27. The SMILES string of the molecule is CCNCCCNc1nc(C2CC2)ns1. The van der Waals surface area contributed by atoms with Gasteiger partial charge in [-0.1, -0.05) is 6.92 Å². The van der Waals surface area contributed by atoms with Crippen LogP contribution in [-0.2, 0) is 0 Å². The first-order valence-electron chi connectivity index (χ1n) is 5.68. The number of hydrogen-bond acceptors (Lipinski definition) is 5. The Balaban J connectivity index is 1.64. The molecule has 0 unspecified atom stereocenters. The fourth-order valence-electron chi connectivity index (χ4n) is 1.40. The van der Waals surface area contributed by atoms with Crippen LogP contribution < -0.4 is 10.6 Å². The number of anilines is 1. The van der Waals surface area contributed by atoms with Crippen LogP contribution >= 0.6 is 11.5 Å². The maximum atomic E-state index is 4.47. The first-order valence-corrected chi connectivity index (χ1v) is 6.45. The molecular weight excluding hydrogens is 208 g/mol. The summed E-state index contributed by atoms with van der Waals surface area (Å²) in [5.41, 5.74) is 0. The third-order valence-electron chi connectivity index (χ3n) is 2.44. The first-order chi connectivity index (χ1) is 7.40. The highest BCUT2D eigenvalue weighted by Crippen LogP contribution is 2.39. The van der Waals surface area contributed by atoms with Crippen LogP contribution in [0.5, 0.6) is 0 Å². The number of nitrogens with zero attached hydrogens (tertiary/aromatic N) is 2. The third-order valence-corrected chi connectivity index (χ3v) is 3.13. The molecule has 15 heavy (non-hydrogen) atoms. The highest BCUT2D eigenvalue weighted by molar-refractivity contribution is 7.09. The van der Waals surface area contributed by atoms with Crippen LogP contribution in [0.3, 0.4) is 0 Å². The molecule has 2 N–H and O–H groups in total. The number of rotatable bonds is 7. The van der Waals surface area contributed by atoms with Gasteiger partial charge in [0.1, 0.15) is 5.82 Å². The molecule has 5 heteroatoms. The van der Waals surface area contributed by atoms with Gasteiger partial charge in [-0.05, 0) is 32.4 Å². The Hall–Kier alpha value is -0.680. The average Bonchev–Trinajstić information content (AvgIpc) is 2.99. The normalized spacial score (nSPS) is 15.5. The molecule has 0 spiro atoms. The van der Waals surface area contributed by atoms with Crippen molar-refractivity contribution in [3.63, 3.8) is 0 Å². The van der Waals surface area contributed by atoms with Crippen molar-refractivity contribution in [3.8, 4) is 0 Å². The van der Waals surface area contributed by atoms with E-state index in [2.05, 4.69) is 26.9 Å². The van der Waals surface area contributed by atoms with Gasteiger partial charge < -0.3 is 10.6 Å². The second-order valence-corrected chi connectivity index (χ2v) is 4.62. The van der Waals surface area contributed by atoms with E-state index in [9.17, 15) is 0 Å². The van der Waals surface area contributed by atoms with Gasteiger partial charge >= 0.3 is 0 Å². The standard InChI is InChI=1S/C10H18N4S/c1-2-11-6-3-7-12-10-13-9(14-15-10)8-4-5-8/h8,11H,2-7H2,1H3,(H,12,13,14). The second kappa shape index (κ2) is 5.42. The first kappa shape index (κ1) is 10.8. The van der Waals surface area contributed by atoms with E-state index in [1.165, 1.54) is 24.4 Å². The molecule has 0 aliphatic heterocycles. The molecule has 1 aliphatic carbocycles. The van der Waals surface area contributed by atoms with Crippen molar-refractivity contribution in [1.82, 2.24) is 14.7 Å². The van der Waals surface area contributed by atoms with Crippen LogP contribution in [-0.4, -0.2) is 29.0 Å². The molecule has 1 saturated carbocycles. The van der Waals surface area contributed by atoms with Gasteiger partial charge in [0.05, 0.1) is 0 Å². The van der Waals surface area contributed by atoms with Crippen molar-refractivity contribution >= 4 is 16.7 Å². The van der Waals surface area contributed by atoms with E-state index in [0.717, 1.165) is 37.0 Å². The molecule has 4 nitrogen and oxygen atoms in total. The predicted molar refractivity (Wildman–Crippen MR) is 63.5 cm³/mol. The average molecular weight is 226 g/mol. The Bertz CT molecular complexity index is 295. The summed E-state index contributed by atoms with van der Waals surface area (Å²) in [6.07, 6.45) is 3.68. The van der Waals surface area contributed by atoms with Crippen LogP contribution in [0.4, 0.5) is 5.13 Å². The molecule has 1 fully saturated rings. The smallest absolute Gasteiger partial charge is 0.202 e. The van der Waals surface area contributed by atoms with Crippen molar-refractivity contribution in [2.45, 2.75) is 32.1 Å². The number of hydrogen-bond donors (Lipinski definition) is 2. The second-order valence-electron chi connectivity index (χ2n) is 3.87. The van der Waals surface area contributed by atoms with Crippen molar-refractivity contribution < 1.29 is 0 Å².